The van der Waals surface area contributed by atoms with E-state index < -0.39 is 0 Å². The molecule has 18 heavy (non-hydrogen) atoms. The predicted molar refractivity (Wildman–Crippen MR) is 72.4 cm³/mol. The Balaban J connectivity index is 1.87. The van der Waals surface area contributed by atoms with E-state index in [0.29, 0.717) is 0 Å². The highest BCUT2D eigenvalue weighted by Gasteiger charge is 2.34. The second kappa shape index (κ2) is 3.48. The number of benzene rings is 2. The lowest BCUT2D eigenvalue weighted by Gasteiger charge is -2.17. The number of hydrogen-bond acceptors (Lipinski definition) is 2. The third-order valence-electron chi connectivity index (χ3n) is 3.57. The Labute approximate surface area is 107 Å². The number of aliphatic imine (C=N–C) groups is 1. The topological polar surface area (TPSA) is 21.6 Å². The summed E-state index contributed by atoms with van der Waals surface area (Å²) in [7, 11) is 5.85. The number of hydrogen-bond donors (Lipinski definition) is 0. The van der Waals surface area contributed by atoms with Crippen LogP contribution in [0.1, 0.15) is 17.0 Å². The molecule has 0 spiro atoms. The van der Waals surface area contributed by atoms with Crippen molar-refractivity contribution < 1.29 is 4.74 Å². The molecule has 0 bridgehead atoms. The second-order valence-corrected chi connectivity index (χ2v) is 4.73. The summed E-state index contributed by atoms with van der Waals surface area (Å²) in [6, 6.07) is 14.0. The fourth-order valence-corrected chi connectivity index (χ4v) is 2.68. The average molecular weight is 231 g/mol. The number of ether oxygens (including phenoxy) is 1. The van der Waals surface area contributed by atoms with E-state index in [9.17, 15) is 0 Å². The van der Waals surface area contributed by atoms with Gasteiger partial charge in [-0.05, 0) is 24.1 Å². The molecule has 2 nitrogen and oxygen atoms in total. The van der Waals surface area contributed by atoms with Gasteiger partial charge in [-0.3, -0.25) is 0 Å². The summed E-state index contributed by atoms with van der Waals surface area (Å²) >= 11 is 0. The smallest absolute Gasteiger partial charge is 0.203 e. The lowest BCUT2D eigenvalue weighted by atomic mass is 9.86. The van der Waals surface area contributed by atoms with Crippen molar-refractivity contribution in [2.75, 3.05) is 0 Å². The summed E-state index contributed by atoms with van der Waals surface area (Å²) in [6.07, 6.45) is 0.936. The zero-order valence-electron chi connectivity index (χ0n) is 9.76. The molecule has 4 rings (SSSR count). The summed E-state index contributed by atoms with van der Waals surface area (Å²) in [5.41, 5.74) is 4.22. The predicted octanol–water partition coefficient (Wildman–Crippen LogP) is 2.24. The number of fused-ring (bicyclic) bond motifs is 4. The van der Waals surface area contributed by atoms with Gasteiger partial charge in [0, 0.05) is 5.56 Å². The van der Waals surface area contributed by atoms with Crippen molar-refractivity contribution in [3.05, 3.63) is 53.6 Å². The first-order valence-electron chi connectivity index (χ1n) is 6.05. The van der Waals surface area contributed by atoms with E-state index in [0.717, 1.165) is 34.8 Å². The van der Waals surface area contributed by atoms with E-state index in [4.69, 9.17) is 12.6 Å². The molecule has 2 aliphatic heterocycles. The van der Waals surface area contributed by atoms with Crippen LogP contribution in [-0.2, 0) is 6.42 Å². The summed E-state index contributed by atoms with van der Waals surface area (Å²) in [4.78, 5) is 4.61. The van der Waals surface area contributed by atoms with E-state index in [1.807, 2.05) is 30.3 Å². The normalized spacial score (nSPS) is 19.3. The molecule has 3 heteroatoms. The molecule has 0 saturated heterocycles. The lowest BCUT2D eigenvalue weighted by molar-refractivity contribution is 0.554. The molecule has 2 aromatic rings. The molecule has 1 unspecified atom stereocenters. The minimum absolute atomic E-state index is 0.221. The molecule has 1 atom stereocenters. The van der Waals surface area contributed by atoms with Crippen LogP contribution >= 0.6 is 0 Å². The Morgan fingerprint density at radius 1 is 1.17 bits per heavy atom. The van der Waals surface area contributed by atoms with Crippen LogP contribution < -0.4 is 10.2 Å². The van der Waals surface area contributed by atoms with Gasteiger partial charge in [0.25, 0.3) is 0 Å². The average Bonchev–Trinajstić information content (AvgIpc) is 2.73. The third-order valence-corrected chi connectivity index (χ3v) is 3.57. The zero-order chi connectivity index (χ0) is 12.1. The standard InChI is InChI=1S/C15H10BNO/c16-10-5-6-14-11(8-10)12-7-9-3-1-2-4-13(9)17-15(12)18-14/h1-6,8,12H,7H2. The van der Waals surface area contributed by atoms with Gasteiger partial charge < -0.3 is 4.74 Å². The summed E-state index contributed by atoms with van der Waals surface area (Å²) in [5, 5.41) is 0. The van der Waals surface area contributed by atoms with Crippen LogP contribution in [0, 0.1) is 0 Å². The van der Waals surface area contributed by atoms with Crippen molar-refractivity contribution in [3.8, 4) is 5.75 Å². The molecule has 0 fully saturated rings. The van der Waals surface area contributed by atoms with Gasteiger partial charge in [0.2, 0.25) is 5.90 Å². The Morgan fingerprint density at radius 2 is 2.06 bits per heavy atom. The molecule has 0 N–H and O–H groups in total. The second-order valence-electron chi connectivity index (χ2n) is 4.73. The van der Waals surface area contributed by atoms with Gasteiger partial charge in [-0.1, -0.05) is 35.8 Å². The number of para-hydroxylation sites is 1. The highest BCUT2D eigenvalue weighted by Crippen LogP contribution is 2.42. The van der Waals surface area contributed by atoms with Crippen LogP contribution in [0.15, 0.2) is 47.5 Å². The highest BCUT2D eigenvalue weighted by atomic mass is 16.5. The lowest BCUT2D eigenvalue weighted by Crippen LogP contribution is -2.17. The Bertz CT molecular complexity index is 678. The maximum Gasteiger partial charge on any atom is 0.203 e. The van der Waals surface area contributed by atoms with Crippen LogP contribution in [0.5, 0.6) is 5.75 Å². The van der Waals surface area contributed by atoms with E-state index in [1.54, 1.807) is 0 Å². The van der Waals surface area contributed by atoms with Crippen molar-refractivity contribution in [1.82, 2.24) is 0 Å². The largest absolute Gasteiger partial charge is 0.442 e. The first-order chi connectivity index (χ1) is 8.81. The maximum atomic E-state index is 5.85. The molecule has 2 aromatic carbocycles. The van der Waals surface area contributed by atoms with Gasteiger partial charge in [0.1, 0.15) is 13.6 Å². The molecule has 0 amide bonds. The molecular formula is C15H10BNO. The number of rotatable bonds is 0. The number of nitrogens with zero attached hydrogens (tertiary/aromatic N) is 1. The highest BCUT2D eigenvalue weighted by molar-refractivity contribution is 6.32. The van der Waals surface area contributed by atoms with Crippen molar-refractivity contribution in [1.29, 1.82) is 0 Å². The molecule has 0 aromatic heterocycles. The summed E-state index contributed by atoms with van der Waals surface area (Å²) in [5.74, 6) is 1.91. The van der Waals surface area contributed by atoms with Gasteiger partial charge in [0.15, 0.2) is 0 Å². The fraction of sp³-hybridized carbons (Fsp3) is 0.133. The van der Waals surface area contributed by atoms with Crippen molar-refractivity contribution >= 4 is 24.9 Å². The van der Waals surface area contributed by atoms with Crippen molar-refractivity contribution in [2.45, 2.75) is 12.3 Å². The molecule has 0 saturated carbocycles. The van der Waals surface area contributed by atoms with E-state index in [1.165, 1.54) is 5.56 Å². The third kappa shape index (κ3) is 1.34. The maximum absolute atomic E-state index is 5.85. The van der Waals surface area contributed by atoms with Crippen LogP contribution in [0.4, 0.5) is 5.69 Å². The van der Waals surface area contributed by atoms with Gasteiger partial charge in [0.05, 0.1) is 11.6 Å². The Kier molecular flexibility index (Phi) is 1.93. The van der Waals surface area contributed by atoms with Crippen LogP contribution in [-0.4, -0.2) is 13.7 Å². The zero-order valence-corrected chi connectivity index (χ0v) is 9.76. The van der Waals surface area contributed by atoms with Gasteiger partial charge in [-0.25, -0.2) is 4.99 Å². The molecule has 0 aliphatic carbocycles. The van der Waals surface area contributed by atoms with E-state index in [2.05, 4.69) is 17.1 Å². The fourth-order valence-electron chi connectivity index (χ4n) is 2.68. The van der Waals surface area contributed by atoms with Crippen molar-refractivity contribution in [3.63, 3.8) is 0 Å². The van der Waals surface area contributed by atoms with Gasteiger partial charge >= 0.3 is 0 Å². The van der Waals surface area contributed by atoms with Crippen molar-refractivity contribution in [2.24, 2.45) is 4.99 Å². The van der Waals surface area contributed by atoms with E-state index >= 15 is 0 Å². The molecule has 2 heterocycles. The SMILES string of the molecule is [B]c1ccc2c(c1)C1Cc3ccccc3N=C1O2. The summed E-state index contributed by atoms with van der Waals surface area (Å²) in [6.45, 7) is 0. The van der Waals surface area contributed by atoms with Crippen LogP contribution in [0.3, 0.4) is 0 Å². The minimum atomic E-state index is 0.221. The molecule has 2 aliphatic rings. The molecule has 84 valence electrons. The van der Waals surface area contributed by atoms with E-state index in [-0.39, 0.29) is 5.92 Å². The first-order valence-corrected chi connectivity index (χ1v) is 6.05. The van der Waals surface area contributed by atoms with Gasteiger partial charge in [-0.15, -0.1) is 0 Å². The van der Waals surface area contributed by atoms with Crippen LogP contribution in [0.2, 0.25) is 0 Å². The first kappa shape index (κ1) is 9.95. The molecular weight excluding hydrogens is 221 g/mol. The summed E-state index contributed by atoms with van der Waals surface area (Å²) < 4.78 is 5.82. The Morgan fingerprint density at radius 3 is 3.00 bits per heavy atom. The quantitative estimate of drug-likeness (QED) is 0.637. The monoisotopic (exact) mass is 231 g/mol. The van der Waals surface area contributed by atoms with Gasteiger partial charge in [-0.2, -0.15) is 0 Å². The Hall–Kier alpha value is -2.03. The minimum Gasteiger partial charge on any atom is -0.442 e. The van der Waals surface area contributed by atoms with Crippen LogP contribution in [0.25, 0.3) is 0 Å². The molecule has 2 radical (unpaired) electrons.